The molecule has 15 heavy (non-hydrogen) atoms. The van der Waals surface area contributed by atoms with Crippen LogP contribution in [0.3, 0.4) is 0 Å². The molecule has 1 heterocycles. The van der Waals surface area contributed by atoms with Crippen molar-refractivity contribution in [1.29, 1.82) is 0 Å². The van der Waals surface area contributed by atoms with Gasteiger partial charge in [0.2, 0.25) is 0 Å². The maximum absolute atomic E-state index is 12.0. The standard InChI is InChI=1S/C8H13ClN2O2S2/c1-4-5-11(3)15(12,13)7-6(2)10-8(9)14-7/h4-5H2,1-3H3. The summed E-state index contributed by atoms with van der Waals surface area (Å²) in [5.74, 6) is 0. The van der Waals surface area contributed by atoms with Gasteiger partial charge in [0.25, 0.3) is 10.0 Å². The quantitative estimate of drug-likeness (QED) is 0.841. The Morgan fingerprint density at radius 3 is 2.53 bits per heavy atom. The molecule has 1 aromatic heterocycles. The fraction of sp³-hybridized carbons (Fsp3) is 0.625. The molecule has 0 aliphatic carbocycles. The summed E-state index contributed by atoms with van der Waals surface area (Å²) >= 11 is 6.68. The number of sulfonamides is 1. The Hall–Kier alpha value is -0.170. The first-order chi connectivity index (χ1) is 6.89. The van der Waals surface area contributed by atoms with E-state index in [1.807, 2.05) is 6.92 Å². The van der Waals surface area contributed by atoms with E-state index in [1.165, 1.54) is 4.31 Å². The minimum absolute atomic E-state index is 0.239. The van der Waals surface area contributed by atoms with Crippen molar-refractivity contribution in [3.8, 4) is 0 Å². The molecule has 0 aliphatic heterocycles. The first-order valence-corrected chi connectivity index (χ1v) is 7.12. The van der Waals surface area contributed by atoms with Crippen LogP contribution in [0.1, 0.15) is 19.0 Å². The molecular weight excluding hydrogens is 256 g/mol. The summed E-state index contributed by atoms with van der Waals surface area (Å²) in [6.07, 6.45) is 0.779. The minimum Gasteiger partial charge on any atom is -0.229 e. The molecule has 0 saturated heterocycles. The fourth-order valence-electron chi connectivity index (χ4n) is 1.17. The van der Waals surface area contributed by atoms with Crippen LogP contribution in [0.2, 0.25) is 4.47 Å². The summed E-state index contributed by atoms with van der Waals surface area (Å²) in [6.45, 7) is 4.07. The third kappa shape index (κ3) is 2.69. The molecule has 0 fully saturated rings. The molecule has 4 nitrogen and oxygen atoms in total. The second-order valence-electron chi connectivity index (χ2n) is 3.17. The maximum Gasteiger partial charge on any atom is 0.254 e. The number of rotatable bonds is 4. The molecule has 0 spiro atoms. The molecule has 1 aromatic rings. The SMILES string of the molecule is CCCN(C)S(=O)(=O)c1sc(Cl)nc1C. The van der Waals surface area contributed by atoms with Gasteiger partial charge >= 0.3 is 0 Å². The Bertz CT molecular complexity index is 441. The summed E-state index contributed by atoms with van der Waals surface area (Å²) in [6, 6.07) is 0. The van der Waals surface area contributed by atoms with Gasteiger partial charge in [0.1, 0.15) is 0 Å². The van der Waals surface area contributed by atoms with Crippen LogP contribution in [-0.2, 0) is 10.0 Å². The lowest BCUT2D eigenvalue weighted by Crippen LogP contribution is -2.27. The second-order valence-corrected chi connectivity index (χ2v) is 6.99. The van der Waals surface area contributed by atoms with E-state index >= 15 is 0 Å². The lowest BCUT2D eigenvalue weighted by Gasteiger charge is -2.14. The zero-order chi connectivity index (χ0) is 11.6. The molecule has 0 amide bonds. The van der Waals surface area contributed by atoms with Gasteiger partial charge in [-0.2, -0.15) is 0 Å². The second kappa shape index (κ2) is 4.78. The number of aryl methyl sites for hydroxylation is 1. The van der Waals surface area contributed by atoms with Gasteiger partial charge in [0.15, 0.2) is 8.68 Å². The highest BCUT2D eigenvalue weighted by molar-refractivity contribution is 7.91. The lowest BCUT2D eigenvalue weighted by molar-refractivity contribution is 0.469. The predicted octanol–water partition coefficient (Wildman–Crippen LogP) is 2.14. The summed E-state index contributed by atoms with van der Waals surface area (Å²) in [5, 5.41) is 0. The zero-order valence-corrected chi connectivity index (χ0v) is 11.2. The topological polar surface area (TPSA) is 50.3 Å². The lowest BCUT2D eigenvalue weighted by atomic mass is 10.5. The van der Waals surface area contributed by atoms with Crippen molar-refractivity contribution in [2.24, 2.45) is 0 Å². The number of hydrogen-bond donors (Lipinski definition) is 0. The Morgan fingerprint density at radius 1 is 1.53 bits per heavy atom. The number of hydrogen-bond acceptors (Lipinski definition) is 4. The Kier molecular flexibility index (Phi) is 4.11. The highest BCUT2D eigenvalue weighted by Crippen LogP contribution is 2.28. The molecular formula is C8H13ClN2O2S2. The van der Waals surface area contributed by atoms with Crippen molar-refractivity contribution < 1.29 is 8.42 Å². The highest BCUT2D eigenvalue weighted by Gasteiger charge is 2.25. The molecule has 0 radical (unpaired) electrons. The third-order valence-electron chi connectivity index (χ3n) is 1.91. The van der Waals surface area contributed by atoms with E-state index in [0.717, 1.165) is 17.8 Å². The maximum atomic E-state index is 12.0. The molecule has 0 bridgehead atoms. The van der Waals surface area contributed by atoms with Gasteiger partial charge in [-0.05, 0) is 13.3 Å². The van der Waals surface area contributed by atoms with Gasteiger partial charge in [0.05, 0.1) is 5.69 Å². The van der Waals surface area contributed by atoms with Crippen LogP contribution >= 0.6 is 22.9 Å². The van der Waals surface area contributed by atoms with E-state index in [4.69, 9.17) is 11.6 Å². The van der Waals surface area contributed by atoms with E-state index in [1.54, 1.807) is 14.0 Å². The predicted molar refractivity (Wildman–Crippen MR) is 62.0 cm³/mol. The molecule has 0 saturated carbocycles. The largest absolute Gasteiger partial charge is 0.254 e. The van der Waals surface area contributed by atoms with Crippen molar-refractivity contribution in [3.05, 3.63) is 10.2 Å². The van der Waals surface area contributed by atoms with Crippen molar-refractivity contribution in [1.82, 2.24) is 9.29 Å². The number of thiazole rings is 1. The van der Waals surface area contributed by atoms with Crippen molar-refractivity contribution in [3.63, 3.8) is 0 Å². The van der Waals surface area contributed by atoms with E-state index in [2.05, 4.69) is 4.98 Å². The van der Waals surface area contributed by atoms with Gasteiger partial charge < -0.3 is 0 Å². The normalized spacial score (nSPS) is 12.3. The van der Waals surface area contributed by atoms with E-state index in [-0.39, 0.29) is 8.68 Å². The van der Waals surface area contributed by atoms with Crippen LogP contribution in [0.5, 0.6) is 0 Å². The number of aromatic nitrogens is 1. The summed E-state index contributed by atoms with van der Waals surface area (Å²) in [4.78, 5) is 3.90. The molecule has 0 unspecified atom stereocenters. The van der Waals surface area contributed by atoms with Crippen LogP contribution in [0.15, 0.2) is 4.21 Å². The highest BCUT2D eigenvalue weighted by atomic mass is 35.5. The molecule has 86 valence electrons. The van der Waals surface area contributed by atoms with Gasteiger partial charge in [-0.3, -0.25) is 0 Å². The summed E-state index contributed by atoms with van der Waals surface area (Å²) in [7, 11) is -1.84. The average Bonchev–Trinajstić information content (AvgIpc) is 2.46. The van der Waals surface area contributed by atoms with E-state index in [9.17, 15) is 8.42 Å². The first-order valence-electron chi connectivity index (χ1n) is 4.49. The molecule has 0 aliphatic rings. The van der Waals surface area contributed by atoms with Crippen LogP contribution in [0.4, 0.5) is 0 Å². The van der Waals surface area contributed by atoms with E-state index < -0.39 is 10.0 Å². The minimum atomic E-state index is -3.41. The smallest absolute Gasteiger partial charge is 0.229 e. The number of nitrogens with zero attached hydrogens (tertiary/aromatic N) is 2. The molecule has 1 rings (SSSR count). The monoisotopic (exact) mass is 268 g/mol. The fourth-order valence-corrected chi connectivity index (χ4v) is 4.36. The van der Waals surface area contributed by atoms with Gasteiger partial charge in [-0.15, -0.1) is 0 Å². The number of halogens is 1. The van der Waals surface area contributed by atoms with Gasteiger partial charge in [-0.1, -0.05) is 29.9 Å². The Morgan fingerprint density at radius 2 is 2.13 bits per heavy atom. The summed E-state index contributed by atoms with van der Waals surface area (Å²) in [5.41, 5.74) is 0.466. The molecule has 0 aromatic carbocycles. The molecule has 0 atom stereocenters. The van der Waals surface area contributed by atoms with E-state index in [0.29, 0.717) is 12.2 Å². The Balaban J connectivity index is 3.11. The summed E-state index contributed by atoms with van der Waals surface area (Å²) < 4.78 is 25.8. The van der Waals surface area contributed by atoms with Gasteiger partial charge in [0, 0.05) is 13.6 Å². The molecule has 7 heteroatoms. The zero-order valence-electron chi connectivity index (χ0n) is 8.82. The van der Waals surface area contributed by atoms with Gasteiger partial charge in [-0.25, -0.2) is 17.7 Å². The first kappa shape index (κ1) is 12.9. The van der Waals surface area contributed by atoms with Crippen LogP contribution in [0.25, 0.3) is 0 Å². The van der Waals surface area contributed by atoms with Crippen LogP contribution in [0, 0.1) is 6.92 Å². The van der Waals surface area contributed by atoms with Crippen LogP contribution in [-0.4, -0.2) is 31.3 Å². The molecule has 0 N–H and O–H groups in total. The van der Waals surface area contributed by atoms with Crippen molar-refractivity contribution >= 4 is 33.0 Å². The van der Waals surface area contributed by atoms with Crippen molar-refractivity contribution in [2.75, 3.05) is 13.6 Å². The van der Waals surface area contributed by atoms with Crippen molar-refractivity contribution in [2.45, 2.75) is 24.5 Å². The average molecular weight is 269 g/mol. The van der Waals surface area contributed by atoms with Crippen LogP contribution < -0.4 is 0 Å². The Labute approximate surface area is 98.9 Å². The third-order valence-corrected chi connectivity index (χ3v) is 5.62.